The minimum Gasteiger partial charge on any atom is -0.360 e. The second kappa shape index (κ2) is 6.34. The Labute approximate surface area is 135 Å². The highest BCUT2D eigenvalue weighted by molar-refractivity contribution is 6.08. The van der Waals surface area contributed by atoms with Crippen molar-refractivity contribution in [2.75, 3.05) is 14.1 Å². The van der Waals surface area contributed by atoms with Crippen LogP contribution in [0.15, 0.2) is 28.8 Å². The zero-order valence-corrected chi connectivity index (χ0v) is 13.2. The Kier molecular flexibility index (Phi) is 4.63. The number of hydrogen-bond acceptors (Lipinski definition) is 4. The van der Waals surface area contributed by atoms with E-state index in [-0.39, 0.29) is 28.5 Å². The maximum Gasteiger partial charge on any atom is 0.417 e. The largest absolute Gasteiger partial charge is 0.417 e. The minimum atomic E-state index is -4.60. The van der Waals surface area contributed by atoms with Crippen molar-refractivity contribution in [3.05, 3.63) is 41.2 Å². The van der Waals surface area contributed by atoms with Crippen molar-refractivity contribution in [3.8, 4) is 11.3 Å². The molecule has 1 amide bonds. The first-order valence-electron chi connectivity index (χ1n) is 6.83. The molecule has 0 saturated heterocycles. The summed E-state index contributed by atoms with van der Waals surface area (Å²) in [6, 6.07) is 4.79. The SMILES string of the molecule is Cc1onc(-c2ccccc2C(F)(F)F)c1C(=O)NC(=N)N(C)C. The molecule has 2 N–H and O–H groups in total. The second-order valence-electron chi connectivity index (χ2n) is 5.20. The molecule has 0 bridgehead atoms. The number of aryl methyl sites for hydroxylation is 1. The summed E-state index contributed by atoms with van der Waals surface area (Å²) in [5, 5.41) is 13.5. The maximum absolute atomic E-state index is 13.2. The Morgan fingerprint density at radius 2 is 1.92 bits per heavy atom. The third kappa shape index (κ3) is 3.39. The highest BCUT2D eigenvalue weighted by atomic mass is 19.4. The number of halogens is 3. The zero-order chi connectivity index (χ0) is 18.1. The van der Waals surface area contributed by atoms with E-state index in [0.29, 0.717) is 0 Å². The van der Waals surface area contributed by atoms with Gasteiger partial charge < -0.3 is 9.42 Å². The van der Waals surface area contributed by atoms with Gasteiger partial charge in [0, 0.05) is 19.7 Å². The average molecular weight is 340 g/mol. The molecule has 0 radical (unpaired) electrons. The van der Waals surface area contributed by atoms with Crippen LogP contribution in [-0.2, 0) is 6.18 Å². The van der Waals surface area contributed by atoms with E-state index in [9.17, 15) is 18.0 Å². The molecule has 2 rings (SSSR count). The van der Waals surface area contributed by atoms with Gasteiger partial charge in [0.1, 0.15) is 17.0 Å². The van der Waals surface area contributed by atoms with Crippen molar-refractivity contribution < 1.29 is 22.5 Å². The minimum absolute atomic E-state index is 0.0611. The molecule has 1 aromatic carbocycles. The Hall–Kier alpha value is -2.84. The topological polar surface area (TPSA) is 82.2 Å². The monoisotopic (exact) mass is 340 g/mol. The highest BCUT2D eigenvalue weighted by Crippen LogP contribution is 2.38. The second-order valence-corrected chi connectivity index (χ2v) is 5.20. The summed E-state index contributed by atoms with van der Waals surface area (Å²) in [7, 11) is 3.09. The number of aromatic nitrogens is 1. The van der Waals surface area contributed by atoms with Crippen molar-refractivity contribution in [1.29, 1.82) is 5.41 Å². The molecule has 0 atom stereocenters. The van der Waals surface area contributed by atoms with Crippen LogP contribution in [0.1, 0.15) is 21.7 Å². The summed E-state index contributed by atoms with van der Waals surface area (Å²) in [4.78, 5) is 13.7. The molecule has 0 aliphatic carbocycles. The first kappa shape index (κ1) is 17.5. The number of carbonyl (C=O) groups is 1. The number of amides is 1. The molecule has 6 nitrogen and oxygen atoms in total. The molecular weight excluding hydrogens is 325 g/mol. The molecule has 0 spiro atoms. The number of nitrogens with zero attached hydrogens (tertiary/aromatic N) is 2. The summed E-state index contributed by atoms with van der Waals surface area (Å²) in [6.07, 6.45) is -4.60. The molecule has 0 saturated carbocycles. The van der Waals surface area contributed by atoms with Gasteiger partial charge in [-0.1, -0.05) is 23.4 Å². The van der Waals surface area contributed by atoms with E-state index in [1.165, 1.54) is 30.0 Å². The predicted molar refractivity (Wildman–Crippen MR) is 80.6 cm³/mol. The fourth-order valence-corrected chi connectivity index (χ4v) is 2.04. The predicted octanol–water partition coefficient (Wildman–Crippen LogP) is 2.89. The van der Waals surface area contributed by atoms with Gasteiger partial charge in [-0.15, -0.1) is 0 Å². The first-order chi connectivity index (χ1) is 11.1. The smallest absolute Gasteiger partial charge is 0.360 e. The van der Waals surface area contributed by atoms with Gasteiger partial charge in [0.05, 0.1) is 5.56 Å². The average Bonchev–Trinajstić information content (AvgIpc) is 2.87. The summed E-state index contributed by atoms with van der Waals surface area (Å²) >= 11 is 0. The standard InChI is InChI=1S/C15H15F3N4O2/c1-8-11(13(23)20-14(19)22(2)3)12(21-24-8)9-6-4-5-7-10(9)15(16,17)18/h4-7H,1-3H3,(H2,19,20,23). The fraction of sp³-hybridized carbons (Fsp3) is 0.267. The lowest BCUT2D eigenvalue weighted by atomic mass is 10.00. The van der Waals surface area contributed by atoms with Crippen LogP contribution in [-0.4, -0.2) is 36.0 Å². The van der Waals surface area contributed by atoms with E-state index < -0.39 is 17.6 Å². The molecule has 0 fully saturated rings. The molecule has 0 unspecified atom stereocenters. The summed E-state index contributed by atoms with van der Waals surface area (Å²) in [5.74, 6) is -0.916. The Bertz CT molecular complexity index is 781. The fourth-order valence-electron chi connectivity index (χ4n) is 2.04. The lowest BCUT2D eigenvalue weighted by Gasteiger charge is -2.15. The Morgan fingerprint density at radius 3 is 2.50 bits per heavy atom. The van der Waals surface area contributed by atoms with Crippen molar-refractivity contribution in [2.45, 2.75) is 13.1 Å². The van der Waals surface area contributed by atoms with Gasteiger partial charge in [-0.05, 0) is 13.0 Å². The normalized spacial score (nSPS) is 11.2. The van der Waals surface area contributed by atoms with Crippen molar-refractivity contribution in [3.63, 3.8) is 0 Å². The van der Waals surface area contributed by atoms with Crippen LogP contribution < -0.4 is 5.32 Å². The van der Waals surface area contributed by atoms with Gasteiger partial charge in [-0.3, -0.25) is 15.5 Å². The van der Waals surface area contributed by atoms with Gasteiger partial charge in [0.25, 0.3) is 5.91 Å². The van der Waals surface area contributed by atoms with Crippen LogP contribution in [0.4, 0.5) is 13.2 Å². The number of rotatable bonds is 2. The van der Waals surface area contributed by atoms with E-state index in [0.717, 1.165) is 6.07 Å². The van der Waals surface area contributed by atoms with Crippen LogP contribution >= 0.6 is 0 Å². The third-order valence-corrected chi connectivity index (χ3v) is 3.26. The number of hydrogen-bond donors (Lipinski definition) is 2. The summed E-state index contributed by atoms with van der Waals surface area (Å²) in [5.41, 5.74) is -1.54. The molecule has 1 heterocycles. The van der Waals surface area contributed by atoms with Crippen LogP contribution in [0.3, 0.4) is 0 Å². The van der Waals surface area contributed by atoms with E-state index >= 15 is 0 Å². The molecule has 24 heavy (non-hydrogen) atoms. The quantitative estimate of drug-likeness (QED) is 0.650. The summed E-state index contributed by atoms with van der Waals surface area (Å²) in [6.45, 7) is 1.42. The number of guanidine groups is 1. The molecular formula is C15H15F3N4O2. The van der Waals surface area contributed by atoms with Crippen molar-refractivity contribution in [1.82, 2.24) is 15.4 Å². The number of carbonyl (C=O) groups excluding carboxylic acids is 1. The first-order valence-corrected chi connectivity index (χ1v) is 6.83. The number of alkyl halides is 3. The van der Waals surface area contributed by atoms with Crippen molar-refractivity contribution >= 4 is 11.9 Å². The van der Waals surface area contributed by atoms with Crippen LogP contribution in [0.25, 0.3) is 11.3 Å². The van der Waals surface area contributed by atoms with Gasteiger partial charge in [0.2, 0.25) is 0 Å². The molecule has 0 aliphatic rings. The van der Waals surface area contributed by atoms with Crippen LogP contribution in [0.5, 0.6) is 0 Å². The van der Waals surface area contributed by atoms with E-state index in [1.54, 1.807) is 14.1 Å². The molecule has 1 aromatic heterocycles. The van der Waals surface area contributed by atoms with Gasteiger partial charge in [-0.2, -0.15) is 13.2 Å². The van der Waals surface area contributed by atoms with Crippen molar-refractivity contribution in [2.24, 2.45) is 0 Å². The highest BCUT2D eigenvalue weighted by Gasteiger charge is 2.35. The molecule has 9 heteroatoms. The van der Waals surface area contributed by atoms with E-state index in [1.807, 2.05) is 0 Å². The molecule has 2 aromatic rings. The Morgan fingerprint density at radius 1 is 1.29 bits per heavy atom. The van der Waals surface area contributed by atoms with Crippen LogP contribution in [0, 0.1) is 12.3 Å². The van der Waals surface area contributed by atoms with Gasteiger partial charge in [0.15, 0.2) is 5.96 Å². The lowest BCUT2D eigenvalue weighted by Crippen LogP contribution is -2.39. The zero-order valence-electron chi connectivity index (χ0n) is 13.2. The van der Waals surface area contributed by atoms with E-state index in [4.69, 9.17) is 9.93 Å². The Balaban J connectivity index is 2.53. The van der Waals surface area contributed by atoms with Gasteiger partial charge >= 0.3 is 6.18 Å². The molecule has 128 valence electrons. The third-order valence-electron chi connectivity index (χ3n) is 3.26. The number of nitrogens with one attached hydrogen (secondary N) is 2. The number of benzene rings is 1. The van der Waals surface area contributed by atoms with Gasteiger partial charge in [-0.25, -0.2) is 0 Å². The van der Waals surface area contributed by atoms with E-state index in [2.05, 4.69) is 10.5 Å². The summed E-state index contributed by atoms with van der Waals surface area (Å²) < 4.78 is 44.5. The molecule has 0 aliphatic heterocycles. The lowest BCUT2D eigenvalue weighted by molar-refractivity contribution is -0.137. The maximum atomic E-state index is 13.2. The van der Waals surface area contributed by atoms with Crippen LogP contribution in [0.2, 0.25) is 0 Å².